The second-order valence-corrected chi connectivity index (χ2v) is 7.00. The Labute approximate surface area is 142 Å². The molecule has 0 fully saturated rings. The van der Waals surface area contributed by atoms with Crippen molar-refractivity contribution in [2.45, 2.75) is 31.8 Å². The van der Waals surface area contributed by atoms with Crippen LogP contribution in [0.1, 0.15) is 30.1 Å². The van der Waals surface area contributed by atoms with E-state index in [1.54, 1.807) is 18.4 Å². The van der Waals surface area contributed by atoms with Crippen LogP contribution >= 0.6 is 0 Å². The number of fused-ring (bicyclic) bond motifs is 3. The zero-order valence-corrected chi connectivity index (χ0v) is 14.1. The molecule has 1 aromatic heterocycles. The highest BCUT2D eigenvalue weighted by atomic mass is 16.5. The Morgan fingerprint density at radius 2 is 1.92 bits per heavy atom. The van der Waals surface area contributed by atoms with E-state index >= 15 is 0 Å². The van der Waals surface area contributed by atoms with Crippen molar-refractivity contribution in [3.63, 3.8) is 0 Å². The van der Waals surface area contributed by atoms with Gasteiger partial charge in [0.25, 0.3) is 0 Å². The molecule has 0 saturated carbocycles. The van der Waals surface area contributed by atoms with Crippen molar-refractivity contribution < 1.29 is 10.1 Å². The summed E-state index contributed by atoms with van der Waals surface area (Å²) in [6.07, 6.45) is 3.88. The molecule has 0 saturated heterocycles. The molecule has 5 rings (SSSR count). The summed E-state index contributed by atoms with van der Waals surface area (Å²) in [5, 5.41) is 4.01. The molecule has 1 aliphatic carbocycles. The van der Waals surface area contributed by atoms with Crippen LogP contribution in [-0.4, -0.2) is 18.2 Å². The molecule has 0 unspecified atom stereocenters. The molecule has 2 aromatic carbocycles. The molecule has 2 N–H and O–H groups in total. The van der Waals surface area contributed by atoms with Crippen LogP contribution in [0.2, 0.25) is 0 Å². The maximum atomic E-state index is 5.28. The fourth-order valence-corrected chi connectivity index (χ4v) is 4.60. The number of aryl methyl sites for hydroxylation is 1. The number of benzene rings is 2. The monoisotopic (exact) mass is 319 g/mol. The molecule has 0 bridgehead atoms. The third-order valence-corrected chi connectivity index (χ3v) is 5.73. The lowest BCUT2D eigenvalue weighted by Gasteiger charge is -2.27. The molecule has 3 aromatic rings. The zero-order chi connectivity index (χ0) is 16.1. The summed E-state index contributed by atoms with van der Waals surface area (Å²) in [5.41, 5.74) is 7.20. The topological polar surface area (TPSA) is 30.8 Å². The molecule has 2 heterocycles. The maximum Gasteiger partial charge on any atom is 0.127 e. The maximum absolute atomic E-state index is 5.28. The van der Waals surface area contributed by atoms with Gasteiger partial charge in [0.1, 0.15) is 11.8 Å². The Balaban J connectivity index is 1.68. The number of nitrogens with two attached hydrogens (primary N) is 1. The lowest BCUT2D eigenvalue weighted by Crippen LogP contribution is -2.88. The zero-order valence-electron chi connectivity index (χ0n) is 14.1. The Hall–Kier alpha value is -2.26. The number of aromatic nitrogens is 1. The standard InChI is InChI=1S/C21H22N2O/c1-24-16-8-5-14(6-9-16)15-7-10-20-18(13-15)17-3-2-4-19-21(17)23(20)12-11-22-19/h5-10,13,19,22H,2-4,11-12H2,1H3/p+1/t19-/m0/s1. The molecule has 3 nitrogen and oxygen atoms in total. The van der Waals surface area contributed by atoms with Gasteiger partial charge in [0.05, 0.1) is 25.9 Å². The molecular formula is C21H23N2O+. The van der Waals surface area contributed by atoms with Gasteiger partial charge >= 0.3 is 0 Å². The number of hydrogen-bond donors (Lipinski definition) is 1. The van der Waals surface area contributed by atoms with E-state index in [9.17, 15) is 0 Å². The van der Waals surface area contributed by atoms with Gasteiger partial charge in [-0.1, -0.05) is 18.2 Å². The van der Waals surface area contributed by atoms with Crippen molar-refractivity contribution in [3.05, 3.63) is 53.7 Å². The van der Waals surface area contributed by atoms with Gasteiger partial charge in [-0.3, -0.25) is 0 Å². The van der Waals surface area contributed by atoms with E-state index in [2.05, 4.69) is 40.2 Å². The molecule has 3 heteroatoms. The average Bonchev–Trinajstić information content (AvgIpc) is 2.98. The lowest BCUT2D eigenvalue weighted by molar-refractivity contribution is -0.704. The second-order valence-electron chi connectivity index (χ2n) is 7.00. The lowest BCUT2D eigenvalue weighted by atomic mass is 9.90. The van der Waals surface area contributed by atoms with Crippen LogP contribution in [0.25, 0.3) is 22.0 Å². The van der Waals surface area contributed by atoms with Gasteiger partial charge in [0.15, 0.2) is 0 Å². The number of hydrogen-bond acceptors (Lipinski definition) is 1. The third kappa shape index (κ3) is 2.01. The second kappa shape index (κ2) is 5.38. The van der Waals surface area contributed by atoms with Gasteiger partial charge in [-0.2, -0.15) is 0 Å². The minimum absolute atomic E-state index is 0.680. The van der Waals surface area contributed by atoms with Crippen LogP contribution in [0, 0.1) is 0 Å². The minimum Gasteiger partial charge on any atom is -0.497 e. The summed E-state index contributed by atoms with van der Waals surface area (Å²) >= 11 is 0. The molecule has 0 spiro atoms. The van der Waals surface area contributed by atoms with Crippen LogP contribution < -0.4 is 10.1 Å². The first-order valence-electron chi connectivity index (χ1n) is 8.98. The molecule has 1 aliphatic heterocycles. The summed E-state index contributed by atoms with van der Waals surface area (Å²) in [4.78, 5) is 0. The number of rotatable bonds is 2. The summed E-state index contributed by atoms with van der Waals surface area (Å²) in [6.45, 7) is 2.35. The molecule has 24 heavy (non-hydrogen) atoms. The van der Waals surface area contributed by atoms with Gasteiger partial charge < -0.3 is 14.6 Å². The Kier molecular flexibility index (Phi) is 3.17. The first-order chi connectivity index (χ1) is 11.8. The highest BCUT2D eigenvalue weighted by Crippen LogP contribution is 2.38. The van der Waals surface area contributed by atoms with Crippen molar-refractivity contribution in [2.75, 3.05) is 13.7 Å². The Morgan fingerprint density at radius 3 is 2.75 bits per heavy atom. The van der Waals surface area contributed by atoms with E-state index in [0.29, 0.717) is 6.04 Å². The number of quaternary nitrogens is 1. The van der Waals surface area contributed by atoms with Crippen molar-refractivity contribution in [1.29, 1.82) is 0 Å². The smallest absolute Gasteiger partial charge is 0.127 e. The van der Waals surface area contributed by atoms with E-state index < -0.39 is 0 Å². The van der Waals surface area contributed by atoms with Crippen molar-refractivity contribution in [1.82, 2.24) is 4.57 Å². The average molecular weight is 319 g/mol. The number of methoxy groups -OCH3 is 1. The van der Waals surface area contributed by atoms with Gasteiger partial charge in [0.2, 0.25) is 0 Å². The van der Waals surface area contributed by atoms with Crippen LogP contribution in [0.3, 0.4) is 0 Å². The predicted molar refractivity (Wildman–Crippen MR) is 96.4 cm³/mol. The molecule has 1 atom stereocenters. The van der Waals surface area contributed by atoms with Crippen molar-refractivity contribution >= 4 is 10.9 Å². The van der Waals surface area contributed by atoms with Gasteiger partial charge in [-0.05, 0) is 53.8 Å². The molecular weight excluding hydrogens is 296 g/mol. The predicted octanol–water partition coefficient (Wildman–Crippen LogP) is 3.27. The minimum atomic E-state index is 0.680. The Bertz CT molecular complexity index is 906. The molecule has 2 aliphatic rings. The molecule has 122 valence electrons. The number of nitrogens with zero attached hydrogens (tertiary/aromatic N) is 1. The summed E-state index contributed by atoms with van der Waals surface area (Å²) < 4.78 is 7.87. The summed E-state index contributed by atoms with van der Waals surface area (Å²) in [7, 11) is 1.71. The van der Waals surface area contributed by atoms with E-state index in [-0.39, 0.29) is 0 Å². The highest BCUT2D eigenvalue weighted by Gasteiger charge is 2.32. The van der Waals surface area contributed by atoms with Crippen LogP contribution in [0.4, 0.5) is 0 Å². The van der Waals surface area contributed by atoms with Gasteiger partial charge in [-0.15, -0.1) is 0 Å². The quantitative estimate of drug-likeness (QED) is 0.772. The van der Waals surface area contributed by atoms with E-state index in [1.807, 2.05) is 12.1 Å². The third-order valence-electron chi connectivity index (χ3n) is 5.73. The van der Waals surface area contributed by atoms with Crippen LogP contribution in [0.15, 0.2) is 42.5 Å². The van der Waals surface area contributed by atoms with E-state index in [0.717, 1.165) is 12.3 Å². The fourth-order valence-electron chi connectivity index (χ4n) is 4.60. The van der Waals surface area contributed by atoms with Crippen molar-refractivity contribution in [2.24, 2.45) is 0 Å². The van der Waals surface area contributed by atoms with Crippen LogP contribution in [0.5, 0.6) is 5.75 Å². The van der Waals surface area contributed by atoms with E-state index in [1.165, 1.54) is 47.8 Å². The normalized spacial score (nSPS) is 19.3. The largest absolute Gasteiger partial charge is 0.497 e. The molecule has 0 amide bonds. The first-order valence-corrected chi connectivity index (χ1v) is 8.98. The van der Waals surface area contributed by atoms with Gasteiger partial charge in [-0.25, -0.2) is 0 Å². The van der Waals surface area contributed by atoms with E-state index in [4.69, 9.17) is 4.74 Å². The first kappa shape index (κ1) is 14.1. The fraction of sp³-hybridized carbons (Fsp3) is 0.333. The highest BCUT2D eigenvalue weighted by molar-refractivity contribution is 5.90. The summed E-state index contributed by atoms with van der Waals surface area (Å²) in [6, 6.07) is 16.1. The number of ether oxygens (including phenoxy) is 1. The SMILES string of the molecule is COc1ccc(-c2ccc3c(c2)c2c4n3CC[NH2+][C@H]4CCC2)cc1. The summed E-state index contributed by atoms with van der Waals surface area (Å²) in [5.74, 6) is 0.910. The van der Waals surface area contributed by atoms with Crippen LogP contribution in [-0.2, 0) is 13.0 Å². The van der Waals surface area contributed by atoms with Crippen molar-refractivity contribution in [3.8, 4) is 16.9 Å². The Morgan fingerprint density at radius 1 is 1.08 bits per heavy atom. The molecule has 0 radical (unpaired) electrons. The van der Waals surface area contributed by atoms with Gasteiger partial charge in [0, 0.05) is 17.3 Å².